The molecule has 3 heteroatoms. The molecule has 0 aromatic heterocycles. The fraction of sp³-hybridized carbons (Fsp3) is 0.500. The normalized spacial score (nSPS) is 28.5. The van der Waals surface area contributed by atoms with E-state index in [9.17, 15) is 0 Å². The van der Waals surface area contributed by atoms with Gasteiger partial charge in [-0.3, -0.25) is 4.99 Å². The van der Waals surface area contributed by atoms with Gasteiger partial charge >= 0.3 is 0 Å². The lowest BCUT2D eigenvalue weighted by Crippen LogP contribution is -2.31. The summed E-state index contributed by atoms with van der Waals surface area (Å²) in [6.07, 6.45) is 3.39. The summed E-state index contributed by atoms with van der Waals surface area (Å²) >= 11 is 0. The number of nitrogens with one attached hydrogen (secondary N) is 1. The Bertz CT molecular complexity index is 467. The number of aryl methyl sites for hydroxylation is 1. The molecule has 0 radical (unpaired) electrons. The maximum atomic E-state index is 5.29. The van der Waals surface area contributed by atoms with Gasteiger partial charge in [0.05, 0.1) is 12.9 Å². The summed E-state index contributed by atoms with van der Waals surface area (Å²) in [7, 11) is 3.60. The minimum Gasteiger partial charge on any atom is -0.497 e. The molecule has 0 bridgehead atoms. The maximum Gasteiger partial charge on any atom is 0.119 e. The number of amidine groups is 1. The van der Waals surface area contributed by atoms with Crippen LogP contribution in [0.25, 0.3) is 0 Å². The first kappa shape index (κ1) is 10.6. The van der Waals surface area contributed by atoms with Gasteiger partial charge in [0.2, 0.25) is 0 Å². The molecule has 0 spiro atoms. The van der Waals surface area contributed by atoms with Crippen LogP contribution in [-0.2, 0) is 6.42 Å². The summed E-state index contributed by atoms with van der Waals surface area (Å²) in [5.41, 5.74) is 2.93. The molecule has 1 aliphatic heterocycles. The van der Waals surface area contributed by atoms with Crippen molar-refractivity contribution in [3.05, 3.63) is 29.3 Å². The zero-order valence-electron chi connectivity index (χ0n) is 10.4. The lowest BCUT2D eigenvalue weighted by atomic mass is 9.80. The number of ether oxygens (including phenoxy) is 1. The fourth-order valence-electron chi connectivity index (χ4n) is 3.08. The minimum absolute atomic E-state index is 0.578. The molecule has 2 aliphatic rings. The lowest BCUT2D eigenvalue weighted by molar-refractivity contribution is 0.411. The van der Waals surface area contributed by atoms with E-state index < -0.39 is 0 Å². The Balaban J connectivity index is 1.97. The summed E-state index contributed by atoms with van der Waals surface area (Å²) in [5.74, 6) is 2.73. The molecule has 1 N–H and O–H groups in total. The van der Waals surface area contributed by atoms with Crippen LogP contribution in [0.5, 0.6) is 5.75 Å². The number of benzene rings is 1. The molecule has 0 amide bonds. The third-order valence-electron chi connectivity index (χ3n) is 4.00. The SMILES string of the molecule is CN=C1C[C@H]2c3ccc(OC)cc3CC[C@H]2N1. The Hall–Kier alpha value is -1.51. The maximum absolute atomic E-state index is 5.29. The molecule has 1 aromatic carbocycles. The average Bonchev–Trinajstić information content (AvgIpc) is 2.81. The van der Waals surface area contributed by atoms with Gasteiger partial charge in [-0.25, -0.2) is 0 Å². The number of fused-ring (bicyclic) bond motifs is 3. The molecule has 1 heterocycles. The van der Waals surface area contributed by atoms with Crippen molar-refractivity contribution in [1.29, 1.82) is 0 Å². The Morgan fingerprint density at radius 3 is 3.06 bits per heavy atom. The zero-order chi connectivity index (χ0) is 11.8. The molecular formula is C14H18N2O. The van der Waals surface area contributed by atoms with Crippen molar-refractivity contribution in [2.24, 2.45) is 4.99 Å². The van der Waals surface area contributed by atoms with Crippen molar-refractivity contribution in [2.45, 2.75) is 31.2 Å². The highest BCUT2D eigenvalue weighted by atomic mass is 16.5. The summed E-state index contributed by atoms with van der Waals surface area (Å²) in [6.45, 7) is 0. The van der Waals surface area contributed by atoms with Crippen molar-refractivity contribution in [3.63, 3.8) is 0 Å². The standard InChI is InChI=1S/C14H18N2O/c1-15-14-8-12-11-5-4-10(17-2)7-9(11)3-6-13(12)16-14/h4-5,7,12-13H,3,6,8H2,1-2H3,(H,15,16)/t12-,13+/m0/s1. The van der Waals surface area contributed by atoms with E-state index in [0.29, 0.717) is 12.0 Å². The van der Waals surface area contributed by atoms with E-state index in [1.165, 1.54) is 17.5 Å². The second kappa shape index (κ2) is 4.06. The van der Waals surface area contributed by atoms with Crippen LogP contribution in [0, 0.1) is 0 Å². The molecule has 1 aromatic rings. The van der Waals surface area contributed by atoms with Crippen molar-refractivity contribution in [2.75, 3.05) is 14.2 Å². The highest BCUT2D eigenvalue weighted by Gasteiger charge is 2.35. The second-order valence-electron chi connectivity index (χ2n) is 4.84. The molecule has 3 rings (SSSR count). The summed E-state index contributed by atoms with van der Waals surface area (Å²) in [6, 6.07) is 7.06. The van der Waals surface area contributed by atoms with Crippen molar-refractivity contribution < 1.29 is 4.74 Å². The highest BCUT2D eigenvalue weighted by Crippen LogP contribution is 2.39. The Kier molecular flexibility index (Phi) is 2.54. The van der Waals surface area contributed by atoms with Gasteiger partial charge in [0, 0.05) is 25.4 Å². The molecule has 0 saturated carbocycles. The number of hydrogen-bond acceptors (Lipinski definition) is 2. The van der Waals surface area contributed by atoms with E-state index in [4.69, 9.17) is 4.74 Å². The van der Waals surface area contributed by atoms with Crippen molar-refractivity contribution in [3.8, 4) is 5.75 Å². The van der Waals surface area contributed by atoms with Gasteiger partial charge in [-0.05, 0) is 36.1 Å². The van der Waals surface area contributed by atoms with Gasteiger partial charge in [0.25, 0.3) is 0 Å². The molecule has 1 saturated heterocycles. The molecule has 90 valence electrons. The second-order valence-corrected chi connectivity index (χ2v) is 4.84. The number of aliphatic imine (C=N–C) groups is 1. The minimum atomic E-state index is 0.578. The van der Waals surface area contributed by atoms with E-state index >= 15 is 0 Å². The first-order valence-electron chi connectivity index (χ1n) is 6.21. The fourth-order valence-corrected chi connectivity index (χ4v) is 3.08. The van der Waals surface area contributed by atoms with Crippen molar-refractivity contribution in [1.82, 2.24) is 5.32 Å². The third-order valence-corrected chi connectivity index (χ3v) is 4.00. The van der Waals surface area contributed by atoms with E-state index in [-0.39, 0.29) is 0 Å². The third kappa shape index (κ3) is 1.70. The van der Waals surface area contributed by atoms with Crippen LogP contribution in [-0.4, -0.2) is 26.0 Å². The summed E-state index contributed by atoms with van der Waals surface area (Å²) < 4.78 is 5.29. The van der Waals surface area contributed by atoms with Crippen LogP contribution < -0.4 is 10.1 Å². The lowest BCUT2D eigenvalue weighted by Gasteiger charge is -2.27. The number of methoxy groups -OCH3 is 1. The Morgan fingerprint density at radius 1 is 1.41 bits per heavy atom. The topological polar surface area (TPSA) is 33.6 Å². The van der Waals surface area contributed by atoms with Crippen LogP contribution in [0.2, 0.25) is 0 Å². The molecule has 1 fully saturated rings. The van der Waals surface area contributed by atoms with Crippen LogP contribution >= 0.6 is 0 Å². The van der Waals surface area contributed by atoms with Crippen molar-refractivity contribution >= 4 is 5.84 Å². The van der Waals surface area contributed by atoms with Crippen LogP contribution in [0.15, 0.2) is 23.2 Å². The highest BCUT2D eigenvalue weighted by molar-refractivity contribution is 5.86. The smallest absolute Gasteiger partial charge is 0.119 e. The molecule has 0 unspecified atom stereocenters. The average molecular weight is 230 g/mol. The van der Waals surface area contributed by atoms with Gasteiger partial charge < -0.3 is 10.1 Å². The monoisotopic (exact) mass is 230 g/mol. The van der Waals surface area contributed by atoms with E-state index in [0.717, 1.165) is 24.4 Å². The van der Waals surface area contributed by atoms with Gasteiger partial charge in [-0.2, -0.15) is 0 Å². The van der Waals surface area contributed by atoms with Gasteiger partial charge in [-0.1, -0.05) is 6.07 Å². The van der Waals surface area contributed by atoms with Crippen LogP contribution in [0.1, 0.15) is 29.9 Å². The van der Waals surface area contributed by atoms with E-state index in [1.807, 2.05) is 7.05 Å². The predicted octanol–water partition coefficient (Wildman–Crippen LogP) is 2.12. The van der Waals surface area contributed by atoms with Crippen LogP contribution in [0.4, 0.5) is 0 Å². The molecular weight excluding hydrogens is 212 g/mol. The Labute approximate surface area is 102 Å². The van der Waals surface area contributed by atoms with Crippen LogP contribution in [0.3, 0.4) is 0 Å². The number of hydrogen-bond donors (Lipinski definition) is 1. The van der Waals surface area contributed by atoms with E-state index in [1.54, 1.807) is 7.11 Å². The Morgan fingerprint density at radius 2 is 2.29 bits per heavy atom. The first-order chi connectivity index (χ1) is 8.31. The zero-order valence-corrected chi connectivity index (χ0v) is 10.4. The summed E-state index contributed by atoms with van der Waals surface area (Å²) in [4.78, 5) is 4.30. The summed E-state index contributed by atoms with van der Waals surface area (Å²) in [5, 5.41) is 3.53. The van der Waals surface area contributed by atoms with Gasteiger partial charge in [0.1, 0.15) is 5.75 Å². The van der Waals surface area contributed by atoms with Gasteiger partial charge in [-0.15, -0.1) is 0 Å². The molecule has 2 atom stereocenters. The molecule has 1 aliphatic carbocycles. The van der Waals surface area contributed by atoms with Gasteiger partial charge in [0.15, 0.2) is 0 Å². The molecule has 3 nitrogen and oxygen atoms in total. The predicted molar refractivity (Wildman–Crippen MR) is 69.0 cm³/mol. The largest absolute Gasteiger partial charge is 0.497 e. The molecule has 17 heavy (non-hydrogen) atoms. The quantitative estimate of drug-likeness (QED) is 0.801. The first-order valence-corrected chi connectivity index (χ1v) is 6.21. The van der Waals surface area contributed by atoms with E-state index in [2.05, 4.69) is 28.5 Å². The number of nitrogens with zero attached hydrogens (tertiary/aromatic N) is 1. The number of rotatable bonds is 1.